The minimum atomic E-state index is -0.152. The van der Waals surface area contributed by atoms with Crippen LogP contribution >= 0.6 is 27.3 Å². The summed E-state index contributed by atoms with van der Waals surface area (Å²) < 4.78 is 2.68. The Labute approximate surface area is 92.7 Å². The zero-order valence-corrected chi connectivity index (χ0v) is 9.64. The van der Waals surface area contributed by atoms with E-state index in [1.165, 1.54) is 11.2 Å². The minimum Gasteiger partial charge on any atom is -0.281 e. The number of nitrogens with zero attached hydrogens (tertiary/aromatic N) is 2. The van der Waals surface area contributed by atoms with Gasteiger partial charge >= 0.3 is 5.69 Å². The summed E-state index contributed by atoms with van der Waals surface area (Å²) in [6.45, 7) is 0.669. The first-order chi connectivity index (χ1) is 6.75. The van der Waals surface area contributed by atoms with Gasteiger partial charge < -0.3 is 0 Å². The van der Waals surface area contributed by atoms with E-state index in [1.807, 2.05) is 6.07 Å². The van der Waals surface area contributed by atoms with Gasteiger partial charge in [-0.1, -0.05) is 0 Å². The van der Waals surface area contributed by atoms with Crippen molar-refractivity contribution in [2.24, 2.45) is 0 Å². The number of aromatic nitrogens is 3. The second-order valence-corrected chi connectivity index (χ2v) is 5.36. The fraction of sp³-hybridized carbons (Fsp3) is 0.250. The normalized spacial score (nSPS) is 10.6. The highest BCUT2D eigenvalue weighted by Gasteiger charge is 2.00. The third-order valence-electron chi connectivity index (χ3n) is 1.85. The Morgan fingerprint density at radius 2 is 2.43 bits per heavy atom. The third-order valence-corrected chi connectivity index (χ3v) is 3.53. The fourth-order valence-electron chi connectivity index (χ4n) is 1.15. The van der Waals surface area contributed by atoms with Crippen LogP contribution in [0.1, 0.15) is 4.88 Å². The molecule has 1 N–H and O–H groups in total. The molecule has 0 unspecified atom stereocenters. The van der Waals surface area contributed by atoms with Gasteiger partial charge in [-0.15, -0.1) is 11.3 Å². The van der Waals surface area contributed by atoms with Crippen molar-refractivity contribution in [2.75, 3.05) is 0 Å². The van der Waals surface area contributed by atoms with Gasteiger partial charge in [0.05, 0.1) is 3.79 Å². The SMILES string of the molecule is O=c1[nH]ncn1CCc1ccc(Br)s1. The Morgan fingerprint density at radius 1 is 1.57 bits per heavy atom. The summed E-state index contributed by atoms with van der Waals surface area (Å²) in [6.07, 6.45) is 2.38. The lowest BCUT2D eigenvalue weighted by molar-refractivity contribution is 0.676. The van der Waals surface area contributed by atoms with E-state index in [1.54, 1.807) is 15.9 Å². The van der Waals surface area contributed by atoms with E-state index in [-0.39, 0.29) is 5.69 Å². The Balaban J connectivity index is 2.01. The highest BCUT2D eigenvalue weighted by atomic mass is 79.9. The monoisotopic (exact) mass is 273 g/mol. The molecule has 4 nitrogen and oxygen atoms in total. The van der Waals surface area contributed by atoms with Crippen molar-refractivity contribution in [3.63, 3.8) is 0 Å². The molecule has 2 aromatic heterocycles. The summed E-state index contributed by atoms with van der Waals surface area (Å²) in [6, 6.07) is 4.07. The summed E-state index contributed by atoms with van der Waals surface area (Å²) in [7, 11) is 0. The van der Waals surface area contributed by atoms with Gasteiger partial charge in [-0.3, -0.25) is 4.57 Å². The molecule has 0 atom stereocenters. The van der Waals surface area contributed by atoms with Gasteiger partial charge in [0.15, 0.2) is 0 Å². The standard InChI is InChI=1S/C8H8BrN3OS/c9-7-2-1-6(14-7)3-4-12-5-10-11-8(12)13/h1-2,5H,3-4H2,(H,11,13). The molecule has 14 heavy (non-hydrogen) atoms. The zero-order valence-electron chi connectivity index (χ0n) is 7.24. The Bertz CT molecular complexity index is 473. The van der Waals surface area contributed by atoms with Crippen LogP contribution in [-0.4, -0.2) is 14.8 Å². The number of H-pyrrole nitrogens is 1. The summed E-state index contributed by atoms with van der Waals surface area (Å²) in [5.74, 6) is 0. The molecular weight excluding hydrogens is 266 g/mol. The highest BCUT2D eigenvalue weighted by Crippen LogP contribution is 2.22. The highest BCUT2D eigenvalue weighted by molar-refractivity contribution is 9.11. The predicted octanol–water partition coefficient (Wildman–Crippen LogP) is 1.64. The zero-order chi connectivity index (χ0) is 9.97. The summed E-state index contributed by atoms with van der Waals surface area (Å²) in [5.41, 5.74) is -0.152. The van der Waals surface area contributed by atoms with Crippen molar-refractivity contribution in [3.8, 4) is 0 Å². The van der Waals surface area contributed by atoms with Crippen molar-refractivity contribution < 1.29 is 0 Å². The molecule has 0 aromatic carbocycles. The van der Waals surface area contributed by atoms with E-state index in [4.69, 9.17) is 0 Å². The average molecular weight is 274 g/mol. The molecule has 2 rings (SSSR count). The lowest BCUT2D eigenvalue weighted by Crippen LogP contribution is -2.17. The van der Waals surface area contributed by atoms with Gasteiger partial charge in [-0.25, -0.2) is 9.89 Å². The molecule has 0 saturated heterocycles. The molecule has 0 aliphatic heterocycles. The Hall–Kier alpha value is -0.880. The average Bonchev–Trinajstić information content (AvgIpc) is 2.72. The van der Waals surface area contributed by atoms with E-state index in [0.717, 1.165) is 10.2 Å². The molecule has 0 aliphatic carbocycles. The number of hydrogen-bond donors (Lipinski definition) is 1. The number of aryl methyl sites for hydroxylation is 2. The minimum absolute atomic E-state index is 0.152. The van der Waals surface area contributed by atoms with Crippen LogP contribution in [0.3, 0.4) is 0 Å². The van der Waals surface area contributed by atoms with E-state index in [9.17, 15) is 4.79 Å². The summed E-state index contributed by atoms with van der Waals surface area (Å²) in [5, 5.41) is 6.02. The summed E-state index contributed by atoms with van der Waals surface area (Å²) >= 11 is 5.08. The molecule has 2 heterocycles. The topological polar surface area (TPSA) is 50.7 Å². The number of thiophene rings is 1. The predicted molar refractivity (Wildman–Crippen MR) is 58.6 cm³/mol. The van der Waals surface area contributed by atoms with Gasteiger partial charge in [0.25, 0.3) is 0 Å². The molecule has 0 saturated carbocycles. The van der Waals surface area contributed by atoms with E-state index in [0.29, 0.717) is 6.54 Å². The maximum atomic E-state index is 11.1. The van der Waals surface area contributed by atoms with Crippen LogP contribution in [0.4, 0.5) is 0 Å². The van der Waals surface area contributed by atoms with Crippen molar-refractivity contribution in [2.45, 2.75) is 13.0 Å². The number of halogens is 1. The summed E-state index contributed by atoms with van der Waals surface area (Å²) in [4.78, 5) is 12.3. The molecule has 0 radical (unpaired) electrons. The molecule has 0 fully saturated rings. The number of hydrogen-bond acceptors (Lipinski definition) is 3. The third kappa shape index (κ3) is 2.13. The second-order valence-electron chi connectivity index (χ2n) is 2.81. The van der Waals surface area contributed by atoms with E-state index in [2.05, 4.69) is 32.2 Å². The van der Waals surface area contributed by atoms with Crippen molar-refractivity contribution in [1.29, 1.82) is 0 Å². The maximum Gasteiger partial charge on any atom is 0.343 e. The van der Waals surface area contributed by atoms with E-state index >= 15 is 0 Å². The molecular formula is C8H8BrN3OS. The van der Waals surface area contributed by atoms with Crippen LogP contribution in [0.25, 0.3) is 0 Å². The molecule has 0 spiro atoms. The van der Waals surface area contributed by atoms with Crippen molar-refractivity contribution in [3.05, 3.63) is 37.6 Å². The lowest BCUT2D eigenvalue weighted by Gasteiger charge is -1.96. The van der Waals surface area contributed by atoms with Crippen LogP contribution < -0.4 is 5.69 Å². The Kier molecular flexibility index (Phi) is 2.83. The molecule has 6 heteroatoms. The van der Waals surface area contributed by atoms with Crippen LogP contribution in [0, 0.1) is 0 Å². The van der Waals surface area contributed by atoms with Gasteiger partial charge in [0.2, 0.25) is 0 Å². The van der Waals surface area contributed by atoms with Crippen LogP contribution in [-0.2, 0) is 13.0 Å². The first kappa shape index (κ1) is 9.67. The van der Waals surface area contributed by atoms with Gasteiger partial charge in [0, 0.05) is 11.4 Å². The van der Waals surface area contributed by atoms with Crippen LogP contribution in [0.2, 0.25) is 0 Å². The molecule has 2 aromatic rings. The van der Waals surface area contributed by atoms with E-state index < -0.39 is 0 Å². The molecule has 0 amide bonds. The van der Waals surface area contributed by atoms with Crippen LogP contribution in [0.15, 0.2) is 27.0 Å². The van der Waals surface area contributed by atoms with Gasteiger partial charge in [-0.2, -0.15) is 5.10 Å². The van der Waals surface area contributed by atoms with Gasteiger partial charge in [-0.05, 0) is 34.5 Å². The number of nitrogens with one attached hydrogen (secondary N) is 1. The van der Waals surface area contributed by atoms with Crippen LogP contribution in [0.5, 0.6) is 0 Å². The number of rotatable bonds is 3. The quantitative estimate of drug-likeness (QED) is 0.925. The number of aromatic amines is 1. The van der Waals surface area contributed by atoms with Crippen molar-refractivity contribution in [1.82, 2.24) is 14.8 Å². The second kappa shape index (κ2) is 4.10. The molecule has 0 bridgehead atoms. The van der Waals surface area contributed by atoms with Gasteiger partial charge in [0.1, 0.15) is 6.33 Å². The molecule has 74 valence electrons. The van der Waals surface area contributed by atoms with Crippen molar-refractivity contribution >= 4 is 27.3 Å². The largest absolute Gasteiger partial charge is 0.343 e. The lowest BCUT2D eigenvalue weighted by atomic mass is 10.3. The Morgan fingerprint density at radius 3 is 3.00 bits per heavy atom. The fourth-order valence-corrected chi connectivity index (χ4v) is 2.62. The first-order valence-electron chi connectivity index (χ1n) is 4.10. The first-order valence-corrected chi connectivity index (χ1v) is 5.70. The maximum absolute atomic E-state index is 11.1. The molecule has 0 aliphatic rings. The smallest absolute Gasteiger partial charge is 0.281 e.